The fourth-order valence-electron chi connectivity index (χ4n) is 5.89. The number of hydrogen-bond donors (Lipinski definition) is 1. The van der Waals surface area contributed by atoms with Crippen molar-refractivity contribution in [1.82, 2.24) is 0 Å². The number of aliphatic hydroxyl groups is 1. The van der Waals surface area contributed by atoms with E-state index in [1.807, 2.05) is 98.8 Å². The maximum Gasteiger partial charge on any atom is 0.155 e. The van der Waals surface area contributed by atoms with E-state index in [1.165, 1.54) is 5.56 Å². The molecule has 4 aromatic rings. The van der Waals surface area contributed by atoms with Gasteiger partial charge in [0.2, 0.25) is 0 Å². The second-order valence-corrected chi connectivity index (χ2v) is 13.3. The molecule has 0 radical (unpaired) electrons. The number of rotatable bonds is 0. The average molecular weight is 635 g/mol. The molecule has 7 aliphatic heterocycles. The topological polar surface area (TPSA) is 66.4 Å². The van der Waals surface area contributed by atoms with E-state index < -0.39 is 11.0 Å². The number of benzene rings is 4. The van der Waals surface area contributed by atoms with Gasteiger partial charge >= 0.3 is 0 Å². The summed E-state index contributed by atoms with van der Waals surface area (Å²) >= 11 is 0. The molecule has 7 heterocycles. The number of terminal acetylenes is 1. The maximum absolute atomic E-state index is 11.8. The summed E-state index contributed by atoms with van der Waals surface area (Å²) in [6.07, 6.45) is 9.73. The van der Waals surface area contributed by atoms with E-state index in [4.69, 9.17) is 30.1 Å². The Bertz CT molecular complexity index is 1600. The lowest BCUT2D eigenvalue weighted by Gasteiger charge is -2.40. The molecule has 4 aromatic carbocycles. The summed E-state index contributed by atoms with van der Waals surface area (Å²) in [5.74, 6) is 7.06. The van der Waals surface area contributed by atoms with Crippen molar-refractivity contribution >= 4 is 0 Å². The summed E-state index contributed by atoms with van der Waals surface area (Å²) in [5, 5.41) is 11.8. The summed E-state index contributed by atoms with van der Waals surface area (Å²) in [5.41, 5.74) is -0.0523. The highest BCUT2D eigenvalue weighted by Crippen LogP contribution is 2.44. The Balaban J connectivity index is 1.29. The molecule has 1 N–H and O–H groups in total. The van der Waals surface area contributed by atoms with Crippen molar-refractivity contribution in [2.45, 2.75) is 64.4 Å². The molecule has 1 unspecified atom stereocenters. The van der Waals surface area contributed by atoms with Gasteiger partial charge in [0.25, 0.3) is 0 Å². The monoisotopic (exact) mass is 634 g/mol. The van der Waals surface area contributed by atoms with Gasteiger partial charge in [-0.05, 0) is 102 Å². The molecule has 8 bridgehead atoms. The minimum Gasteiger partial charge on any atom is -0.491 e. The molecule has 246 valence electrons. The van der Waals surface area contributed by atoms with Gasteiger partial charge in [0, 0.05) is 5.41 Å². The Morgan fingerprint density at radius 1 is 0.532 bits per heavy atom. The van der Waals surface area contributed by atoms with E-state index in [0.29, 0.717) is 43.5 Å². The number of ether oxygens (including phenoxy) is 5. The van der Waals surface area contributed by atoms with Crippen LogP contribution in [0, 0.1) is 17.8 Å². The fourth-order valence-corrected chi connectivity index (χ4v) is 5.89. The molecular weight excluding hydrogens is 588 g/mol. The van der Waals surface area contributed by atoms with Gasteiger partial charge in [-0.25, -0.2) is 0 Å². The Morgan fingerprint density at radius 2 is 0.915 bits per heavy atom. The van der Waals surface area contributed by atoms with Crippen molar-refractivity contribution in [3.63, 3.8) is 0 Å². The first kappa shape index (κ1) is 33.9. The molecule has 6 heteroatoms. The van der Waals surface area contributed by atoms with Crippen LogP contribution in [0.1, 0.15) is 64.5 Å². The third-order valence-corrected chi connectivity index (χ3v) is 9.06. The second-order valence-electron chi connectivity index (χ2n) is 13.3. The zero-order valence-corrected chi connectivity index (χ0v) is 28.0. The van der Waals surface area contributed by atoms with Gasteiger partial charge in [0.05, 0.1) is 13.2 Å². The van der Waals surface area contributed by atoms with Crippen LogP contribution in [0.15, 0.2) is 97.1 Å². The fraction of sp³-hybridized carbons (Fsp3) is 0.366. The summed E-state index contributed by atoms with van der Waals surface area (Å²) in [6.45, 7) is 10.4. The molecule has 0 amide bonds. The Hall–Kier alpha value is -4.44. The van der Waals surface area contributed by atoms with Gasteiger partial charge in [0.1, 0.15) is 47.7 Å². The van der Waals surface area contributed by atoms with Gasteiger partial charge in [-0.1, -0.05) is 70.7 Å². The second kappa shape index (κ2) is 15.0. The van der Waals surface area contributed by atoms with Crippen molar-refractivity contribution in [2.75, 3.05) is 26.4 Å². The molecule has 0 aromatic heterocycles. The van der Waals surface area contributed by atoms with Gasteiger partial charge in [-0.2, -0.15) is 0 Å². The first-order valence-corrected chi connectivity index (χ1v) is 16.4. The standard InChI is InChI=1S/C41H46O6/c1-6-41(42)32-11-15-36(16-12-32)47-38-23-19-34(20-24-38)45-30-28-43-27-29-44-33-17-21-37(22-18-33)46-35-13-9-31(10-14-35)39(2,3)25-7-8-26-40(41,4)5/h1,9-24,42H,7-8,25-30H2,2-5H3. The molecular formula is C41H46O6. The van der Waals surface area contributed by atoms with Crippen molar-refractivity contribution in [2.24, 2.45) is 5.41 Å². The zero-order valence-electron chi connectivity index (χ0n) is 28.0. The Morgan fingerprint density at radius 3 is 1.36 bits per heavy atom. The molecule has 0 spiro atoms. The summed E-state index contributed by atoms with van der Waals surface area (Å²) in [6, 6.07) is 30.7. The van der Waals surface area contributed by atoms with Crippen LogP contribution < -0.4 is 18.9 Å². The summed E-state index contributed by atoms with van der Waals surface area (Å²) < 4.78 is 29.4. The van der Waals surface area contributed by atoms with Gasteiger partial charge < -0.3 is 28.8 Å². The largest absolute Gasteiger partial charge is 0.491 e. The maximum atomic E-state index is 11.8. The van der Waals surface area contributed by atoms with Crippen LogP contribution in [0.3, 0.4) is 0 Å². The van der Waals surface area contributed by atoms with Crippen LogP contribution in [0.25, 0.3) is 0 Å². The van der Waals surface area contributed by atoms with Crippen LogP contribution in [-0.2, 0) is 15.8 Å². The summed E-state index contributed by atoms with van der Waals surface area (Å²) in [7, 11) is 0. The lowest BCUT2D eigenvalue weighted by atomic mass is 9.68. The third-order valence-electron chi connectivity index (χ3n) is 9.06. The molecule has 7 aliphatic rings. The van der Waals surface area contributed by atoms with Crippen molar-refractivity contribution < 1.29 is 28.8 Å². The van der Waals surface area contributed by atoms with E-state index in [2.05, 4.69) is 31.9 Å². The van der Waals surface area contributed by atoms with Crippen molar-refractivity contribution in [1.29, 1.82) is 0 Å². The molecule has 0 saturated carbocycles. The molecule has 0 aliphatic carbocycles. The summed E-state index contributed by atoms with van der Waals surface area (Å²) in [4.78, 5) is 0. The molecule has 6 nitrogen and oxygen atoms in total. The van der Waals surface area contributed by atoms with Crippen molar-refractivity contribution in [3.05, 3.63) is 108 Å². The Kier molecular flexibility index (Phi) is 10.8. The third kappa shape index (κ3) is 8.68. The molecule has 47 heavy (non-hydrogen) atoms. The lowest BCUT2D eigenvalue weighted by molar-refractivity contribution is -0.0268. The van der Waals surface area contributed by atoms with E-state index >= 15 is 0 Å². The average Bonchev–Trinajstić information content (AvgIpc) is 3.07. The smallest absolute Gasteiger partial charge is 0.155 e. The van der Waals surface area contributed by atoms with Crippen LogP contribution in [0.4, 0.5) is 0 Å². The minimum atomic E-state index is -1.43. The Labute approximate surface area is 279 Å². The highest BCUT2D eigenvalue weighted by atomic mass is 16.5. The highest BCUT2D eigenvalue weighted by molar-refractivity contribution is 5.41. The van der Waals surface area contributed by atoms with Crippen LogP contribution in [-0.4, -0.2) is 31.5 Å². The SMILES string of the molecule is C#CC1(O)c2ccc(cc2)Oc2ccc(cc2)OCCOCCOc2ccc(cc2)Oc2ccc(cc2)C(C)(C)CCCCC1(C)C. The van der Waals surface area contributed by atoms with Gasteiger partial charge in [-0.3, -0.25) is 0 Å². The minimum absolute atomic E-state index is 0.0183. The van der Waals surface area contributed by atoms with E-state index in [0.717, 1.165) is 48.7 Å². The van der Waals surface area contributed by atoms with E-state index in [9.17, 15) is 5.11 Å². The van der Waals surface area contributed by atoms with Crippen LogP contribution in [0.2, 0.25) is 0 Å². The predicted octanol–water partition coefficient (Wildman–Crippen LogP) is 9.44. The quantitative estimate of drug-likeness (QED) is 0.194. The van der Waals surface area contributed by atoms with Crippen molar-refractivity contribution in [3.8, 4) is 46.8 Å². The number of hydrogen-bond acceptors (Lipinski definition) is 6. The van der Waals surface area contributed by atoms with Crippen LogP contribution >= 0.6 is 0 Å². The first-order chi connectivity index (χ1) is 22.6. The molecule has 0 fully saturated rings. The van der Waals surface area contributed by atoms with E-state index in [1.54, 1.807) is 0 Å². The van der Waals surface area contributed by atoms with E-state index in [-0.39, 0.29) is 5.41 Å². The molecule has 1 atom stereocenters. The molecule has 0 saturated heterocycles. The zero-order chi connectivity index (χ0) is 33.3. The predicted molar refractivity (Wildman–Crippen MR) is 186 cm³/mol. The molecule has 11 rings (SSSR count). The highest BCUT2D eigenvalue weighted by Gasteiger charge is 2.43. The normalized spacial score (nSPS) is 20.3. The van der Waals surface area contributed by atoms with Gasteiger partial charge in [0.15, 0.2) is 5.60 Å². The van der Waals surface area contributed by atoms with Crippen LogP contribution in [0.5, 0.6) is 34.5 Å². The van der Waals surface area contributed by atoms with Gasteiger partial charge in [-0.15, -0.1) is 6.42 Å². The lowest BCUT2D eigenvalue weighted by Crippen LogP contribution is -2.40. The first-order valence-electron chi connectivity index (χ1n) is 16.4.